The molecule has 15 heteroatoms. The SMILES string of the molecule is CC1C2c3cccc4[nH]cc(c34)C[C@H]2N(C)C[C@@H]1C(=O)N[C@]1(C(C)C)O[C@@]2(O)[C@@H]3CCCN3C(=O)[C@H](Cc3ccccc3)N2C1=O.O=S(=O)(O)O. The van der Waals surface area contributed by atoms with Crippen molar-refractivity contribution in [2.24, 2.45) is 17.8 Å². The summed E-state index contributed by atoms with van der Waals surface area (Å²) >= 11 is 0. The van der Waals surface area contributed by atoms with Crippen LogP contribution in [-0.2, 0) is 42.4 Å². The molecular formula is C36H45N5O9S. The topological polar surface area (TPSA) is 193 Å². The lowest BCUT2D eigenvalue weighted by atomic mass is 9.66. The van der Waals surface area contributed by atoms with Crippen LogP contribution in [0.15, 0.2) is 54.7 Å². The molecule has 0 spiro atoms. The number of H-pyrrole nitrogens is 1. The van der Waals surface area contributed by atoms with Gasteiger partial charge < -0.3 is 25.2 Å². The van der Waals surface area contributed by atoms with Gasteiger partial charge in [-0.2, -0.15) is 8.42 Å². The zero-order valence-electron chi connectivity index (χ0n) is 29.0. The lowest BCUT2D eigenvalue weighted by Crippen LogP contribution is -2.71. The van der Waals surface area contributed by atoms with Crippen LogP contribution in [0.1, 0.15) is 56.2 Å². The number of hydrogen-bond acceptors (Lipinski definition) is 8. The molecule has 8 rings (SSSR count). The molecule has 3 amide bonds. The van der Waals surface area contributed by atoms with E-state index in [2.05, 4.69) is 53.6 Å². The number of fused-ring (bicyclic) bond motifs is 5. The average Bonchev–Trinajstić information content (AvgIpc) is 3.78. The minimum absolute atomic E-state index is 0.0148. The molecule has 14 nitrogen and oxygen atoms in total. The number of aromatic amines is 1. The van der Waals surface area contributed by atoms with Gasteiger partial charge in [-0.15, -0.1) is 0 Å². The standard InChI is InChI=1S/C36H43N5O5.H2O4S/c1-20(2)35(34(44)41-28(16-22-10-6-5-7-11-22)33(43)40-15-9-14-29(40)36(41,45)46-35)38-32(42)25-19-39(4)27-17-23-18-37-26-13-8-12-24(31(23)26)30(27)21(25)3;1-5(2,3)4/h5-8,10-13,18,20-21,25,27-30,37,45H,9,14-17,19H2,1-4H3,(H,38,42);(H2,1,2,3,4)/t21?,25-,27+,28-,29-,30?,35+,36-;/m0./s1. The Hall–Kier alpha value is -3.86. The molecule has 5 heterocycles. The van der Waals surface area contributed by atoms with Crippen LogP contribution < -0.4 is 5.32 Å². The Morgan fingerprint density at radius 2 is 1.82 bits per heavy atom. The zero-order chi connectivity index (χ0) is 36.6. The van der Waals surface area contributed by atoms with E-state index in [4.69, 9.17) is 22.3 Å². The third-order valence-electron chi connectivity index (χ3n) is 11.8. The van der Waals surface area contributed by atoms with Crippen molar-refractivity contribution in [3.8, 4) is 0 Å². The third kappa shape index (κ3) is 5.83. The van der Waals surface area contributed by atoms with Gasteiger partial charge in [-0.3, -0.25) is 33.1 Å². The van der Waals surface area contributed by atoms with Gasteiger partial charge in [-0.05, 0) is 55.0 Å². The summed E-state index contributed by atoms with van der Waals surface area (Å²) in [5, 5.41) is 16.7. The van der Waals surface area contributed by atoms with Crippen LogP contribution in [-0.4, -0.2) is 110 Å². The number of hydrogen-bond donors (Lipinski definition) is 5. The summed E-state index contributed by atoms with van der Waals surface area (Å²) in [6.07, 6.45) is 4.46. The summed E-state index contributed by atoms with van der Waals surface area (Å²) in [7, 11) is -2.59. The van der Waals surface area contributed by atoms with E-state index in [0.717, 1.165) is 17.5 Å². The van der Waals surface area contributed by atoms with Crippen molar-refractivity contribution in [2.45, 2.75) is 82.1 Å². The van der Waals surface area contributed by atoms with Crippen LogP contribution in [0, 0.1) is 17.8 Å². The van der Waals surface area contributed by atoms with Crippen molar-refractivity contribution in [1.29, 1.82) is 0 Å². The molecule has 0 radical (unpaired) electrons. The second-order valence-electron chi connectivity index (χ2n) is 14.9. The van der Waals surface area contributed by atoms with Gasteiger partial charge in [0.15, 0.2) is 0 Å². The molecule has 8 atom stereocenters. The predicted octanol–water partition coefficient (Wildman–Crippen LogP) is 2.31. The summed E-state index contributed by atoms with van der Waals surface area (Å²) in [5.41, 5.74) is 2.73. The van der Waals surface area contributed by atoms with Crippen LogP contribution in [0.4, 0.5) is 0 Å². The Bertz CT molecular complexity index is 1960. The summed E-state index contributed by atoms with van der Waals surface area (Å²) in [4.78, 5) is 51.8. The second-order valence-corrected chi connectivity index (χ2v) is 15.8. The van der Waals surface area contributed by atoms with E-state index in [9.17, 15) is 19.5 Å². The Balaban J connectivity index is 0.000000761. The summed E-state index contributed by atoms with van der Waals surface area (Å²) in [6.45, 7) is 6.82. The van der Waals surface area contributed by atoms with E-state index in [1.54, 1.807) is 4.90 Å². The van der Waals surface area contributed by atoms with Crippen LogP contribution in [0.2, 0.25) is 0 Å². The van der Waals surface area contributed by atoms with Crippen molar-refractivity contribution in [2.75, 3.05) is 20.1 Å². The first-order chi connectivity index (χ1) is 24.0. The highest BCUT2D eigenvalue weighted by atomic mass is 32.3. The number of piperidine rings is 1. The van der Waals surface area contributed by atoms with Crippen LogP contribution >= 0.6 is 0 Å². The van der Waals surface area contributed by atoms with Crippen molar-refractivity contribution >= 4 is 39.0 Å². The molecule has 1 aliphatic carbocycles. The Kier molecular flexibility index (Phi) is 8.83. The Morgan fingerprint density at radius 1 is 1.12 bits per heavy atom. The molecule has 274 valence electrons. The summed E-state index contributed by atoms with van der Waals surface area (Å²) < 4.78 is 38.1. The maximum atomic E-state index is 14.7. The number of ether oxygens (including phenoxy) is 1. The number of carbonyl (C=O) groups is 3. The van der Waals surface area contributed by atoms with Gasteiger partial charge in [-0.1, -0.05) is 63.2 Å². The number of likely N-dealkylation sites (tertiary alicyclic amines) is 1. The monoisotopic (exact) mass is 723 g/mol. The number of aliphatic hydroxyl groups is 1. The highest BCUT2D eigenvalue weighted by Gasteiger charge is 2.72. The highest BCUT2D eigenvalue weighted by molar-refractivity contribution is 7.79. The van der Waals surface area contributed by atoms with Crippen LogP contribution in [0.5, 0.6) is 0 Å². The van der Waals surface area contributed by atoms with E-state index < -0.39 is 51.9 Å². The first-order valence-corrected chi connectivity index (χ1v) is 18.9. The van der Waals surface area contributed by atoms with E-state index >= 15 is 0 Å². The highest BCUT2D eigenvalue weighted by Crippen LogP contribution is 2.50. The fraction of sp³-hybridized carbons (Fsp3) is 0.528. The smallest absolute Gasteiger partial charge is 0.361 e. The molecule has 2 unspecified atom stereocenters. The van der Waals surface area contributed by atoms with Gasteiger partial charge in [0.2, 0.25) is 17.5 Å². The number of amides is 3. The fourth-order valence-corrected chi connectivity index (χ4v) is 9.38. The molecule has 1 aromatic heterocycles. The number of nitrogens with zero attached hydrogens (tertiary/aromatic N) is 3. The van der Waals surface area contributed by atoms with Gasteiger partial charge >= 0.3 is 10.4 Å². The number of nitrogens with one attached hydrogen (secondary N) is 2. The molecule has 0 saturated carbocycles. The molecule has 51 heavy (non-hydrogen) atoms. The van der Waals surface area contributed by atoms with Crippen LogP contribution in [0.3, 0.4) is 0 Å². The van der Waals surface area contributed by atoms with Crippen molar-refractivity contribution in [1.82, 2.24) is 25.0 Å². The maximum absolute atomic E-state index is 14.7. The molecule has 2 aromatic carbocycles. The van der Waals surface area contributed by atoms with Crippen molar-refractivity contribution in [3.05, 3.63) is 71.4 Å². The van der Waals surface area contributed by atoms with Gasteiger partial charge in [0.25, 0.3) is 11.8 Å². The quantitative estimate of drug-likeness (QED) is 0.244. The number of piperazine rings is 1. The van der Waals surface area contributed by atoms with Gasteiger partial charge in [0.1, 0.15) is 12.1 Å². The molecule has 4 saturated heterocycles. The first kappa shape index (κ1) is 35.5. The average molecular weight is 724 g/mol. The second kappa shape index (κ2) is 12.7. The van der Waals surface area contributed by atoms with E-state index in [1.807, 2.05) is 44.2 Å². The zero-order valence-corrected chi connectivity index (χ0v) is 29.8. The largest absolute Gasteiger partial charge is 0.394 e. The molecule has 0 bridgehead atoms. The van der Waals surface area contributed by atoms with Crippen molar-refractivity contribution in [3.63, 3.8) is 0 Å². The third-order valence-corrected chi connectivity index (χ3v) is 11.8. The Labute approximate surface area is 296 Å². The maximum Gasteiger partial charge on any atom is 0.394 e. The molecular weight excluding hydrogens is 678 g/mol. The van der Waals surface area contributed by atoms with E-state index in [-0.39, 0.29) is 36.1 Å². The number of benzene rings is 2. The minimum atomic E-state index is -4.67. The van der Waals surface area contributed by atoms with E-state index in [0.29, 0.717) is 25.9 Å². The predicted molar refractivity (Wildman–Crippen MR) is 185 cm³/mol. The number of likely N-dealkylation sites (N-methyl/N-ethyl adjacent to an activating group) is 1. The number of aromatic nitrogens is 1. The number of carbonyl (C=O) groups excluding carboxylic acids is 3. The molecule has 5 aliphatic rings. The molecule has 4 fully saturated rings. The normalized spacial score (nSPS) is 33.1. The number of rotatable bonds is 5. The van der Waals surface area contributed by atoms with Crippen LogP contribution in [0.25, 0.3) is 10.9 Å². The summed E-state index contributed by atoms with van der Waals surface area (Å²) in [5.74, 6) is -3.91. The lowest BCUT2D eigenvalue weighted by molar-refractivity contribution is -0.321. The van der Waals surface area contributed by atoms with Gasteiger partial charge in [0.05, 0.1) is 5.92 Å². The lowest BCUT2D eigenvalue weighted by Gasteiger charge is -2.49. The van der Waals surface area contributed by atoms with E-state index in [1.165, 1.54) is 21.4 Å². The molecule has 5 N–H and O–H groups in total. The Morgan fingerprint density at radius 3 is 2.51 bits per heavy atom. The first-order valence-electron chi connectivity index (χ1n) is 17.5. The minimum Gasteiger partial charge on any atom is -0.361 e. The van der Waals surface area contributed by atoms with Gasteiger partial charge in [0, 0.05) is 54.5 Å². The fourth-order valence-electron chi connectivity index (χ4n) is 9.38. The summed E-state index contributed by atoms with van der Waals surface area (Å²) in [6, 6.07) is 14.5. The molecule has 3 aromatic rings. The van der Waals surface area contributed by atoms with Gasteiger partial charge in [-0.25, -0.2) is 0 Å². The van der Waals surface area contributed by atoms with Crippen molar-refractivity contribution < 1.29 is 41.8 Å². The molecule has 4 aliphatic heterocycles.